The molecule has 0 saturated heterocycles. The van der Waals surface area contributed by atoms with Crippen molar-refractivity contribution in [1.82, 2.24) is 0 Å². The van der Waals surface area contributed by atoms with E-state index in [1.165, 1.54) is 16.7 Å². The number of allylic oxidation sites excluding steroid dienone is 8. The Bertz CT molecular complexity index is 898. The molecule has 1 aromatic carbocycles. The Morgan fingerprint density at radius 2 is 1.79 bits per heavy atom. The third-order valence-electron chi connectivity index (χ3n) is 6.32. The fourth-order valence-electron chi connectivity index (χ4n) is 4.30. The van der Waals surface area contributed by atoms with Gasteiger partial charge in [0, 0.05) is 17.4 Å². The molecule has 1 radical (unpaired) electrons. The maximum atomic E-state index is 13.4. The molecule has 1 aromatic rings. The molecule has 0 fully saturated rings. The molecule has 3 unspecified atom stereocenters. The van der Waals surface area contributed by atoms with E-state index in [4.69, 9.17) is 12.2 Å². The normalized spacial score (nSPS) is 21.7. The number of ketones is 1. The minimum atomic E-state index is -0.283. The van der Waals surface area contributed by atoms with Crippen LogP contribution < -0.4 is 0 Å². The first-order valence-electron chi connectivity index (χ1n) is 10.8. The lowest BCUT2D eigenvalue weighted by atomic mass is 9.68. The van der Waals surface area contributed by atoms with Gasteiger partial charge in [-0.25, -0.2) is 0 Å². The van der Waals surface area contributed by atoms with Gasteiger partial charge in [-0.15, -0.1) is 0 Å². The average molecular weight is 404 g/mol. The predicted octanol–water partition coefficient (Wildman–Crippen LogP) is 6.80. The number of thiocarbonyl (C=S) groups is 1. The van der Waals surface area contributed by atoms with Crippen LogP contribution in [0.15, 0.2) is 70.9 Å². The Morgan fingerprint density at radius 1 is 1.10 bits per heavy atom. The molecule has 0 amide bonds. The third-order valence-corrected chi connectivity index (χ3v) is 6.73. The van der Waals surface area contributed by atoms with Crippen molar-refractivity contribution in [1.29, 1.82) is 0 Å². The topological polar surface area (TPSA) is 17.1 Å². The van der Waals surface area contributed by atoms with Gasteiger partial charge in [0.05, 0.1) is 5.92 Å². The third kappa shape index (κ3) is 4.59. The van der Waals surface area contributed by atoms with Crippen LogP contribution in [0.2, 0.25) is 0 Å². The zero-order valence-corrected chi connectivity index (χ0v) is 18.8. The minimum absolute atomic E-state index is 0.0799. The van der Waals surface area contributed by atoms with Crippen LogP contribution in [0.3, 0.4) is 0 Å². The van der Waals surface area contributed by atoms with E-state index >= 15 is 0 Å². The number of benzene rings is 1. The van der Waals surface area contributed by atoms with E-state index in [0.717, 1.165) is 41.7 Å². The van der Waals surface area contributed by atoms with Crippen LogP contribution >= 0.6 is 12.2 Å². The molecule has 3 rings (SSSR count). The van der Waals surface area contributed by atoms with E-state index < -0.39 is 0 Å². The molecule has 0 saturated carbocycles. The highest BCUT2D eigenvalue weighted by atomic mass is 32.1. The number of carbonyl (C=O) groups excluding carboxylic acids is 1. The summed E-state index contributed by atoms with van der Waals surface area (Å²) in [4.78, 5) is 14.3. The summed E-state index contributed by atoms with van der Waals surface area (Å²) in [6.07, 6.45) is 13.0. The second-order valence-electron chi connectivity index (χ2n) is 8.23. The van der Waals surface area contributed by atoms with Crippen LogP contribution in [0, 0.1) is 23.8 Å². The number of carbonyl (C=O) groups is 1. The summed E-state index contributed by atoms with van der Waals surface area (Å²) in [5.41, 5.74) is 5.95. The van der Waals surface area contributed by atoms with E-state index in [1.807, 2.05) is 12.2 Å². The lowest BCUT2D eigenvalue weighted by molar-refractivity contribution is -0.117. The van der Waals surface area contributed by atoms with Gasteiger partial charge in [0.2, 0.25) is 0 Å². The van der Waals surface area contributed by atoms with Crippen molar-refractivity contribution in [2.75, 3.05) is 0 Å². The molecule has 29 heavy (non-hydrogen) atoms. The summed E-state index contributed by atoms with van der Waals surface area (Å²) in [6.45, 7) is 8.85. The largest absolute Gasteiger partial charge is 0.293 e. The van der Waals surface area contributed by atoms with E-state index in [2.05, 4.69) is 70.2 Å². The lowest BCUT2D eigenvalue weighted by Gasteiger charge is -2.35. The molecule has 0 bridgehead atoms. The SMILES string of the molecule is CCC(C)C1=[C]C(=O)C(C2=CC=CCC2=S)C(C(C)CC)=C1Cc1ccccc1. The summed E-state index contributed by atoms with van der Waals surface area (Å²) in [7, 11) is 0. The van der Waals surface area contributed by atoms with Gasteiger partial charge in [-0.3, -0.25) is 4.79 Å². The fourth-order valence-corrected chi connectivity index (χ4v) is 4.58. The van der Waals surface area contributed by atoms with Crippen molar-refractivity contribution in [3.8, 4) is 0 Å². The van der Waals surface area contributed by atoms with Gasteiger partial charge >= 0.3 is 0 Å². The van der Waals surface area contributed by atoms with Crippen molar-refractivity contribution >= 4 is 22.9 Å². The molecule has 0 N–H and O–H groups in total. The summed E-state index contributed by atoms with van der Waals surface area (Å²) < 4.78 is 0. The lowest BCUT2D eigenvalue weighted by Crippen LogP contribution is -2.31. The summed E-state index contributed by atoms with van der Waals surface area (Å²) in [5, 5.41) is 0. The number of Topliss-reactive ketones (excluding diaryl/α,β-unsaturated/α-hetero) is 1. The number of hydrogen-bond acceptors (Lipinski definition) is 2. The highest BCUT2D eigenvalue weighted by Gasteiger charge is 2.37. The van der Waals surface area contributed by atoms with E-state index in [9.17, 15) is 4.79 Å². The molecule has 0 aromatic heterocycles. The van der Waals surface area contributed by atoms with Gasteiger partial charge in [-0.05, 0) is 59.0 Å². The van der Waals surface area contributed by atoms with E-state index in [1.54, 1.807) is 0 Å². The molecule has 0 heterocycles. The highest BCUT2D eigenvalue weighted by molar-refractivity contribution is 7.80. The summed E-state index contributed by atoms with van der Waals surface area (Å²) in [6, 6.07) is 10.6. The van der Waals surface area contributed by atoms with Crippen LogP contribution in [0.5, 0.6) is 0 Å². The molecule has 151 valence electrons. The van der Waals surface area contributed by atoms with Gasteiger partial charge in [0.25, 0.3) is 0 Å². The molecule has 0 aliphatic heterocycles. The van der Waals surface area contributed by atoms with E-state index in [-0.39, 0.29) is 11.7 Å². The Morgan fingerprint density at radius 3 is 2.41 bits per heavy atom. The fraction of sp³-hybridized carbons (Fsp3) is 0.407. The van der Waals surface area contributed by atoms with Crippen molar-refractivity contribution < 1.29 is 4.79 Å². The molecular weight excluding hydrogens is 372 g/mol. The van der Waals surface area contributed by atoms with Crippen LogP contribution in [0.4, 0.5) is 0 Å². The van der Waals surface area contributed by atoms with Crippen molar-refractivity contribution in [2.24, 2.45) is 17.8 Å². The van der Waals surface area contributed by atoms with Crippen LogP contribution in [-0.4, -0.2) is 10.6 Å². The standard InChI is InChI=1S/C27H31OS/c1-5-18(3)22-17-24(28)27(21-14-10-11-15-25(21)29)26(19(4)6-2)23(22)16-20-12-8-7-9-13-20/h7-14,18-19,27H,5-6,15-16H2,1-4H3. The molecule has 2 aliphatic rings. The smallest absolute Gasteiger partial charge is 0.175 e. The van der Waals surface area contributed by atoms with Gasteiger partial charge in [-0.1, -0.05) is 88.5 Å². The van der Waals surface area contributed by atoms with Crippen LogP contribution in [0.1, 0.15) is 52.5 Å². The molecule has 0 spiro atoms. The second-order valence-corrected chi connectivity index (χ2v) is 8.72. The molecular formula is C27H31OS. The summed E-state index contributed by atoms with van der Waals surface area (Å²) >= 11 is 5.68. The first kappa shape index (κ1) is 21.6. The van der Waals surface area contributed by atoms with Gasteiger partial charge in [0.15, 0.2) is 5.78 Å². The molecule has 3 atom stereocenters. The van der Waals surface area contributed by atoms with Gasteiger partial charge < -0.3 is 0 Å². The van der Waals surface area contributed by atoms with Crippen LogP contribution in [-0.2, 0) is 11.2 Å². The monoisotopic (exact) mass is 403 g/mol. The zero-order valence-electron chi connectivity index (χ0n) is 18.0. The first-order valence-corrected chi connectivity index (χ1v) is 11.2. The zero-order chi connectivity index (χ0) is 21.0. The minimum Gasteiger partial charge on any atom is -0.293 e. The Kier molecular flexibility index (Phi) is 7.18. The molecule has 2 heteroatoms. The van der Waals surface area contributed by atoms with Crippen molar-refractivity contribution in [3.63, 3.8) is 0 Å². The van der Waals surface area contributed by atoms with Crippen molar-refractivity contribution in [2.45, 2.75) is 53.4 Å². The number of rotatable bonds is 7. The summed E-state index contributed by atoms with van der Waals surface area (Å²) in [5.74, 6) is 0.425. The predicted molar refractivity (Wildman–Crippen MR) is 126 cm³/mol. The Hall–Kier alpha value is -2.06. The van der Waals surface area contributed by atoms with E-state index in [0.29, 0.717) is 11.8 Å². The number of hydrogen-bond donors (Lipinski definition) is 0. The van der Waals surface area contributed by atoms with Gasteiger partial charge in [0.1, 0.15) is 0 Å². The van der Waals surface area contributed by atoms with Gasteiger partial charge in [-0.2, -0.15) is 0 Å². The quantitative estimate of drug-likeness (QED) is 0.466. The molecule has 2 aliphatic carbocycles. The maximum Gasteiger partial charge on any atom is 0.175 e. The molecule has 1 nitrogen and oxygen atoms in total. The Balaban J connectivity index is 2.21. The van der Waals surface area contributed by atoms with Crippen LogP contribution in [0.25, 0.3) is 0 Å². The highest BCUT2D eigenvalue weighted by Crippen LogP contribution is 2.42. The Labute approximate surface area is 181 Å². The first-order chi connectivity index (χ1) is 14.0. The van der Waals surface area contributed by atoms with Crippen molar-refractivity contribution in [3.05, 3.63) is 82.5 Å². The average Bonchev–Trinajstić information content (AvgIpc) is 2.74. The second kappa shape index (κ2) is 9.63. The maximum absolute atomic E-state index is 13.4.